The number of carbonyl (C=O) groups is 1. The molecule has 0 saturated carbocycles. The van der Waals surface area contributed by atoms with Crippen molar-refractivity contribution in [3.63, 3.8) is 0 Å². The van der Waals surface area contributed by atoms with Crippen LogP contribution in [-0.4, -0.2) is 30.0 Å². The van der Waals surface area contributed by atoms with Crippen molar-refractivity contribution in [3.8, 4) is 5.75 Å². The predicted octanol–water partition coefficient (Wildman–Crippen LogP) is 6.46. The average Bonchev–Trinajstić information content (AvgIpc) is 3.03. The summed E-state index contributed by atoms with van der Waals surface area (Å²) in [5, 5.41) is 12.4. The fraction of sp³-hybridized carbons (Fsp3) is 0.242. The van der Waals surface area contributed by atoms with Crippen molar-refractivity contribution in [3.05, 3.63) is 131 Å². The predicted molar refractivity (Wildman–Crippen MR) is 156 cm³/mol. The van der Waals surface area contributed by atoms with Gasteiger partial charge < -0.3 is 24.6 Å². The van der Waals surface area contributed by atoms with Gasteiger partial charge in [0.15, 0.2) is 6.29 Å². The van der Waals surface area contributed by atoms with Gasteiger partial charge in [0.1, 0.15) is 5.75 Å². The van der Waals surface area contributed by atoms with E-state index in [1.165, 1.54) is 0 Å². The van der Waals surface area contributed by atoms with Crippen LogP contribution >= 0.6 is 11.8 Å². The van der Waals surface area contributed by atoms with Crippen molar-refractivity contribution in [2.45, 2.75) is 43.0 Å². The Labute approximate surface area is 239 Å². The van der Waals surface area contributed by atoms with Gasteiger partial charge in [-0.1, -0.05) is 78.9 Å². The summed E-state index contributed by atoms with van der Waals surface area (Å²) >= 11 is 1.71. The Morgan fingerprint density at radius 3 is 2.27 bits per heavy atom. The lowest BCUT2D eigenvalue weighted by Gasteiger charge is -2.36. The van der Waals surface area contributed by atoms with Crippen LogP contribution in [0.15, 0.2) is 108 Å². The third-order valence-corrected chi connectivity index (χ3v) is 8.04. The van der Waals surface area contributed by atoms with Crippen LogP contribution in [0.3, 0.4) is 0 Å². The summed E-state index contributed by atoms with van der Waals surface area (Å²) in [6.45, 7) is 0.437. The van der Waals surface area contributed by atoms with E-state index in [1.807, 2.05) is 84.9 Å². The van der Waals surface area contributed by atoms with Crippen LogP contribution in [-0.2, 0) is 22.6 Å². The van der Waals surface area contributed by atoms with Gasteiger partial charge in [-0.2, -0.15) is 0 Å². The number of rotatable bonds is 10. The Morgan fingerprint density at radius 1 is 0.875 bits per heavy atom. The van der Waals surface area contributed by atoms with Crippen molar-refractivity contribution in [2.24, 2.45) is 0 Å². The molecule has 2 N–H and O–H groups in total. The molecule has 0 radical (unpaired) electrons. The molecule has 1 aliphatic heterocycles. The molecule has 206 valence electrons. The van der Waals surface area contributed by atoms with Crippen LogP contribution in [0.5, 0.6) is 5.75 Å². The number of para-hydroxylation sites is 1. The number of ether oxygens (including phenoxy) is 3. The Kier molecular flexibility index (Phi) is 9.52. The molecule has 0 aromatic heterocycles. The fourth-order valence-corrected chi connectivity index (χ4v) is 5.66. The van der Waals surface area contributed by atoms with Crippen molar-refractivity contribution < 1.29 is 24.1 Å². The lowest BCUT2D eigenvalue weighted by molar-refractivity contribution is -0.245. The number of aliphatic hydroxyl groups is 1. The molecule has 3 atom stereocenters. The Balaban J connectivity index is 1.28. The molecule has 40 heavy (non-hydrogen) atoms. The Bertz CT molecular complexity index is 1380. The van der Waals surface area contributed by atoms with Gasteiger partial charge in [0.2, 0.25) is 0 Å². The second-order valence-electron chi connectivity index (χ2n) is 9.60. The van der Waals surface area contributed by atoms with E-state index in [4.69, 9.17) is 14.2 Å². The average molecular weight is 556 g/mol. The third-order valence-electron chi connectivity index (χ3n) is 6.85. The summed E-state index contributed by atoms with van der Waals surface area (Å²) in [6, 6.07) is 33.1. The first-order valence-electron chi connectivity index (χ1n) is 13.3. The number of thioether (sulfide) groups is 1. The monoisotopic (exact) mass is 555 g/mol. The summed E-state index contributed by atoms with van der Waals surface area (Å²) in [4.78, 5) is 13.5. The first kappa shape index (κ1) is 27.9. The second-order valence-corrected chi connectivity index (χ2v) is 10.7. The van der Waals surface area contributed by atoms with Crippen molar-refractivity contribution >= 4 is 17.7 Å². The van der Waals surface area contributed by atoms with Gasteiger partial charge in [-0.25, -0.2) is 0 Å². The Hall–Kier alpha value is -3.62. The SMILES string of the molecule is COc1ccccc1SC[C@H]1C[C@@H](c2ccc(CO)cc2)O[C@@H](c2ccc(CNC(=O)c3ccccc3)cc2)O1. The number of carbonyl (C=O) groups excluding carboxylic acids is 1. The number of benzene rings is 4. The minimum absolute atomic E-state index is 0.00780. The lowest BCUT2D eigenvalue weighted by Crippen LogP contribution is -2.31. The molecule has 6 nitrogen and oxygen atoms in total. The molecule has 7 heteroatoms. The third kappa shape index (κ3) is 7.11. The molecule has 0 bridgehead atoms. The highest BCUT2D eigenvalue weighted by molar-refractivity contribution is 7.99. The quantitative estimate of drug-likeness (QED) is 0.219. The maximum Gasteiger partial charge on any atom is 0.251 e. The van der Waals surface area contributed by atoms with Gasteiger partial charge >= 0.3 is 0 Å². The summed E-state index contributed by atoms with van der Waals surface area (Å²) in [5.74, 6) is 1.49. The Morgan fingerprint density at radius 2 is 1.55 bits per heavy atom. The van der Waals surface area contributed by atoms with E-state index in [-0.39, 0.29) is 24.7 Å². The van der Waals surface area contributed by atoms with E-state index >= 15 is 0 Å². The van der Waals surface area contributed by atoms with Gasteiger partial charge in [0.25, 0.3) is 5.91 Å². The molecule has 4 aromatic rings. The zero-order valence-corrected chi connectivity index (χ0v) is 23.2. The number of aliphatic hydroxyl groups excluding tert-OH is 1. The van der Waals surface area contributed by atoms with Crippen LogP contribution in [0.25, 0.3) is 0 Å². The van der Waals surface area contributed by atoms with Crippen LogP contribution in [0.1, 0.15) is 51.4 Å². The maximum absolute atomic E-state index is 12.4. The summed E-state index contributed by atoms with van der Waals surface area (Å²) in [5.41, 5.74) is 4.47. The zero-order chi connectivity index (χ0) is 27.7. The van der Waals surface area contributed by atoms with E-state index in [9.17, 15) is 9.90 Å². The number of methoxy groups -OCH3 is 1. The molecule has 1 fully saturated rings. The zero-order valence-electron chi connectivity index (χ0n) is 22.4. The molecular formula is C33H33NO5S. The van der Waals surface area contributed by atoms with E-state index in [0.717, 1.165) is 38.7 Å². The van der Waals surface area contributed by atoms with Crippen molar-refractivity contribution in [1.82, 2.24) is 5.32 Å². The second kappa shape index (κ2) is 13.6. The van der Waals surface area contributed by atoms with Gasteiger partial charge in [-0.05, 0) is 41.0 Å². The molecule has 1 saturated heterocycles. The summed E-state index contributed by atoms with van der Waals surface area (Å²) in [6.07, 6.45) is -0.0334. The number of hydrogen-bond donors (Lipinski definition) is 2. The van der Waals surface area contributed by atoms with E-state index < -0.39 is 6.29 Å². The van der Waals surface area contributed by atoms with Crippen LogP contribution in [0.4, 0.5) is 0 Å². The lowest BCUT2D eigenvalue weighted by atomic mass is 10.0. The summed E-state index contributed by atoms with van der Waals surface area (Å²) < 4.78 is 18.5. The van der Waals surface area contributed by atoms with Gasteiger partial charge in [-0.3, -0.25) is 4.79 Å². The number of hydrogen-bond acceptors (Lipinski definition) is 6. The topological polar surface area (TPSA) is 77.0 Å². The molecule has 1 amide bonds. The molecule has 0 spiro atoms. The number of amides is 1. The van der Waals surface area contributed by atoms with Gasteiger partial charge in [-0.15, -0.1) is 11.8 Å². The smallest absolute Gasteiger partial charge is 0.251 e. The van der Waals surface area contributed by atoms with Crippen LogP contribution in [0.2, 0.25) is 0 Å². The highest BCUT2D eigenvalue weighted by Crippen LogP contribution is 2.40. The highest BCUT2D eigenvalue weighted by atomic mass is 32.2. The molecule has 0 aliphatic carbocycles. The molecule has 1 aliphatic rings. The normalized spacial score (nSPS) is 18.7. The minimum Gasteiger partial charge on any atom is -0.496 e. The standard InChI is InChI=1S/C33H33NO5S/c1-37-29-9-5-6-10-31(29)40-22-28-19-30(25-15-13-24(21-35)14-16-25)39-33(38-28)27-17-11-23(12-18-27)20-34-32(36)26-7-3-2-4-8-26/h2-18,28,30,33,35H,19-22H2,1H3,(H,34,36)/t28-,30+,33+/m1/s1. The molecule has 0 unspecified atom stereocenters. The van der Waals surface area contributed by atoms with E-state index in [1.54, 1.807) is 31.0 Å². The molecular weight excluding hydrogens is 522 g/mol. The fourth-order valence-electron chi connectivity index (χ4n) is 4.61. The number of nitrogens with one attached hydrogen (secondary N) is 1. The van der Waals surface area contributed by atoms with Gasteiger partial charge in [0.05, 0.1) is 25.9 Å². The van der Waals surface area contributed by atoms with Crippen molar-refractivity contribution in [1.29, 1.82) is 0 Å². The van der Waals surface area contributed by atoms with E-state index in [2.05, 4.69) is 11.4 Å². The summed E-state index contributed by atoms with van der Waals surface area (Å²) in [7, 11) is 1.68. The van der Waals surface area contributed by atoms with E-state index in [0.29, 0.717) is 18.5 Å². The first-order chi connectivity index (χ1) is 19.6. The molecule has 5 rings (SSSR count). The van der Waals surface area contributed by atoms with Crippen LogP contribution in [0, 0.1) is 0 Å². The van der Waals surface area contributed by atoms with Crippen LogP contribution < -0.4 is 10.1 Å². The highest BCUT2D eigenvalue weighted by Gasteiger charge is 2.32. The molecule has 4 aromatic carbocycles. The van der Waals surface area contributed by atoms with Crippen molar-refractivity contribution in [2.75, 3.05) is 12.9 Å². The molecule has 1 heterocycles. The largest absolute Gasteiger partial charge is 0.496 e. The maximum atomic E-state index is 12.4. The minimum atomic E-state index is -0.535. The van der Waals surface area contributed by atoms with Gasteiger partial charge in [0, 0.05) is 34.7 Å². The first-order valence-corrected chi connectivity index (χ1v) is 14.3.